The van der Waals surface area contributed by atoms with E-state index in [0.29, 0.717) is 25.6 Å². The number of aromatic nitrogens is 1. The molecule has 2 N–H and O–H groups in total. The van der Waals surface area contributed by atoms with Gasteiger partial charge in [-0.3, -0.25) is 24.5 Å². The predicted octanol–water partition coefficient (Wildman–Crippen LogP) is 0.986. The van der Waals surface area contributed by atoms with Crippen LogP contribution >= 0.6 is 0 Å². The number of imide groups is 1. The molecule has 1 aliphatic heterocycles. The van der Waals surface area contributed by atoms with Crippen molar-refractivity contribution in [3.05, 3.63) is 42.2 Å². The Labute approximate surface area is 165 Å². The fourth-order valence-electron chi connectivity index (χ4n) is 4.64. The number of carbonyl (C=O) groups is 2. The number of hydrogen-bond donors (Lipinski definition) is 2. The van der Waals surface area contributed by atoms with Crippen molar-refractivity contribution in [2.45, 2.75) is 19.8 Å². The summed E-state index contributed by atoms with van der Waals surface area (Å²) in [4.78, 5) is 35.7. The zero-order valence-corrected chi connectivity index (χ0v) is 16.2. The molecule has 1 saturated carbocycles. The maximum absolute atomic E-state index is 12.7. The van der Waals surface area contributed by atoms with Crippen LogP contribution in [-0.4, -0.2) is 53.8 Å². The Hall–Kier alpha value is -2.70. The van der Waals surface area contributed by atoms with Gasteiger partial charge < -0.3 is 10.6 Å². The van der Waals surface area contributed by atoms with E-state index >= 15 is 0 Å². The molecule has 4 atom stereocenters. The molecule has 1 aromatic heterocycles. The second-order valence-corrected chi connectivity index (χ2v) is 7.59. The first-order chi connectivity index (χ1) is 13.7. The van der Waals surface area contributed by atoms with E-state index in [0.717, 1.165) is 25.1 Å². The molecule has 1 saturated heterocycles. The Balaban J connectivity index is 1.28. The van der Waals surface area contributed by atoms with Gasteiger partial charge in [-0.2, -0.15) is 0 Å². The van der Waals surface area contributed by atoms with E-state index in [2.05, 4.69) is 32.8 Å². The van der Waals surface area contributed by atoms with E-state index in [9.17, 15) is 9.59 Å². The van der Waals surface area contributed by atoms with E-state index in [1.165, 1.54) is 4.90 Å². The van der Waals surface area contributed by atoms with Gasteiger partial charge in [0.1, 0.15) is 0 Å². The van der Waals surface area contributed by atoms with Crippen molar-refractivity contribution in [1.82, 2.24) is 20.5 Å². The van der Waals surface area contributed by atoms with Crippen LogP contribution in [0.15, 0.2) is 41.5 Å². The number of carbonyl (C=O) groups excluding carboxylic acids is 2. The molecule has 0 aromatic carbocycles. The monoisotopic (exact) mass is 381 g/mol. The van der Waals surface area contributed by atoms with Crippen LogP contribution < -0.4 is 10.6 Å². The molecule has 2 bridgehead atoms. The van der Waals surface area contributed by atoms with Crippen LogP contribution in [0.4, 0.5) is 0 Å². The third kappa shape index (κ3) is 3.53. The fourth-order valence-corrected chi connectivity index (χ4v) is 4.64. The molecule has 2 aliphatic carbocycles. The molecule has 7 nitrogen and oxygen atoms in total. The molecular weight excluding hydrogens is 354 g/mol. The fraction of sp³-hybridized carbons (Fsp3) is 0.524. The van der Waals surface area contributed by atoms with Crippen molar-refractivity contribution in [1.29, 1.82) is 0 Å². The Bertz CT molecular complexity index is 761. The van der Waals surface area contributed by atoms with E-state index in [-0.39, 0.29) is 35.5 Å². The zero-order chi connectivity index (χ0) is 19.5. The molecule has 2 fully saturated rings. The van der Waals surface area contributed by atoms with E-state index < -0.39 is 0 Å². The van der Waals surface area contributed by atoms with Gasteiger partial charge in [-0.1, -0.05) is 18.2 Å². The first-order valence-corrected chi connectivity index (χ1v) is 10.1. The number of hydrogen-bond acceptors (Lipinski definition) is 4. The maximum atomic E-state index is 12.7. The van der Waals surface area contributed by atoms with Crippen LogP contribution in [0, 0.1) is 23.7 Å². The van der Waals surface area contributed by atoms with Gasteiger partial charge in [0, 0.05) is 44.5 Å². The van der Waals surface area contributed by atoms with Gasteiger partial charge >= 0.3 is 0 Å². The van der Waals surface area contributed by atoms with Crippen LogP contribution in [0.3, 0.4) is 0 Å². The van der Waals surface area contributed by atoms with Gasteiger partial charge in [0.25, 0.3) is 0 Å². The predicted molar refractivity (Wildman–Crippen MR) is 106 cm³/mol. The van der Waals surface area contributed by atoms with E-state index in [4.69, 9.17) is 0 Å². The Morgan fingerprint density at radius 3 is 2.57 bits per heavy atom. The minimum Gasteiger partial charge on any atom is -0.357 e. The van der Waals surface area contributed by atoms with Gasteiger partial charge in [-0.15, -0.1) is 0 Å². The first kappa shape index (κ1) is 18.7. The van der Waals surface area contributed by atoms with Gasteiger partial charge in [0.05, 0.1) is 11.8 Å². The zero-order valence-electron chi connectivity index (χ0n) is 16.2. The van der Waals surface area contributed by atoms with E-state index in [1.54, 1.807) is 6.20 Å². The van der Waals surface area contributed by atoms with Crippen molar-refractivity contribution in [3.8, 4) is 0 Å². The van der Waals surface area contributed by atoms with Gasteiger partial charge in [0.2, 0.25) is 11.8 Å². The molecule has 0 radical (unpaired) electrons. The summed E-state index contributed by atoms with van der Waals surface area (Å²) in [6.45, 7) is 4.25. The standard InChI is InChI=1S/C21H27N5O2/c1-2-22-21(24-10-8-16-5-3-4-9-23-16)25-11-12-26-19(27)17-14-6-7-15(13-14)18(17)20(26)28/h3-7,9,14-15,17-18H,2,8,10-13H2,1H3,(H2,22,24,25). The number of likely N-dealkylation sites (tertiary alicyclic amines) is 1. The first-order valence-electron chi connectivity index (χ1n) is 10.1. The second kappa shape index (κ2) is 8.12. The number of nitrogens with zero attached hydrogens (tertiary/aromatic N) is 3. The highest BCUT2D eigenvalue weighted by Gasteiger charge is 2.58. The molecule has 28 heavy (non-hydrogen) atoms. The molecule has 0 spiro atoms. The lowest BCUT2D eigenvalue weighted by Gasteiger charge is -2.18. The van der Waals surface area contributed by atoms with Crippen molar-refractivity contribution in [2.75, 3.05) is 26.2 Å². The summed E-state index contributed by atoms with van der Waals surface area (Å²) in [7, 11) is 0. The van der Waals surface area contributed by atoms with Crippen molar-refractivity contribution < 1.29 is 9.59 Å². The van der Waals surface area contributed by atoms with Crippen molar-refractivity contribution in [3.63, 3.8) is 0 Å². The number of nitrogens with one attached hydrogen (secondary N) is 2. The lowest BCUT2D eigenvalue weighted by molar-refractivity contribution is -0.140. The minimum absolute atomic E-state index is 0.00532. The van der Waals surface area contributed by atoms with Crippen LogP contribution in [-0.2, 0) is 16.0 Å². The topological polar surface area (TPSA) is 86.7 Å². The molecular formula is C21H27N5O2. The Morgan fingerprint density at radius 1 is 1.18 bits per heavy atom. The largest absolute Gasteiger partial charge is 0.357 e. The molecule has 1 aromatic rings. The molecule has 4 rings (SSSR count). The molecule has 148 valence electrons. The number of fused-ring (bicyclic) bond motifs is 5. The molecule has 2 amide bonds. The highest BCUT2D eigenvalue weighted by atomic mass is 16.2. The summed E-state index contributed by atoms with van der Waals surface area (Å²) in [5.41, 5.74) is 1.00. The van der Waals surface area contributed by atoms with Gasteiger partial charge in [-0.25, -0.2) is 0 Å². The number of pyridine rings is 1. The third-order valence-electron chi connectivity index (χ3n) is 5.90. The molecule has 2 heterocycles. The average Bonchev–Trinajstić information content (AvgIpc) is 3.38. The number of amides is 2. The highest BCUT2D eigenvalue weighted by molar-refractivity contribution is 6.06. The van der Waals surface area contributed by atoms with Crippen LogP contribution in [0.1, 0.15) is 19.0 Å². The lowest BCUT2D eigenvalue weighted by Crippen LogP contribution is -2.43. The summed E-state index contributed by atoms with van der Waals surface area (Å²) in [6.07, 6.45) is 7.75. The van der Waals surface area contributed by atoms with Crippen LogP contribution in [0.5, 0.6) is 0 Å². The maximum Gasteiger partial charge on any atom is 0.233 e. The van der Waals surface area contributed by atoms with Crippen molar-refractivity contribution >= 4 is 17.8 Å². The number of guanidine groups is 1. The lowest BCUT2D eigenvalue weighted by atomic mass is 9.85. The van der Waals surface area contributed by atoms with Crippen LogP contribution in [0.2, 0.25) is 0 Å². The third-order valence-corrected chi connectivity index (χ3v) is 5.90. The normalized spacial score (nSPS) is 28.2. The molecule has 7 heteroatoms. The highest BCUT2D eigenvalue weighted by Crippen LogP contribution is 2.52. The van der Waals surface area contributed by atoms with Gasteiger partial charge in [0.15, 0.2) is 5.96 Å². The van der Waals surface area contributed by atoms with Gasteiger partial charge in [-0.05, 0) is 37.3 Å². The average molecular weight is 381 g/mol. The quantitative estimate of drug-likeness (QED) is 0.318. The summed E-state index contributed by atoms with van der Waals surface area (Å²) >= 11 is 0. The summed E-state index contributed by atoms with van der Waals surface area (Å²) in [5.74, 6) is 0.978. The van der Waals surface area contributed by atoms with Crippen molar-refractivity contribution in [2.24, 2.45) is 28.7 Å². The second-order valence-electron chi connectivity index (χ2n) is 7.59. The number of allylic oxidation sites excluding steroid dienone is 2. The number of aliphatic imine (C=N–C) groups is 1. The number of rotatable bonds is 7. The van der Waals surface area contributed by atoms with E-state index in [1.807, 2.05) is 25.1 Å². The Morgan fingerprint density at radius 2 is 1.93 bits per heavy atom. The summed E-state index contributed by atoms with van der Waals surface area (Å²) in [6, 6.07) is 5.85. The minimum atomic E-state index is -0.122. The Kier molecular flexibility index (Phi) is 5.41. The smallest absolute Gasteiger partial charge is 0.233 e. The SMILES string of the molecule is CCNC(=NCCc1ccccn1)NCCN1C(=O)C2C3C=CC(C3)C2C1=O. The summed E-state index contributed by atoms with van der Waals surface area (Å²) < 4.78 is 0. The van der Waals surface area contributed by atoms with Crippen LogP contribution in [0.25, 0.3) is 0 Å². The molecule has 3 aliphatic rings. The molecule has 4 unspecified atom stereocenters. The summed E-state index contributed by atoms with van der Waals surface area (Å²) in [5, 5.41) is 6.44.